The van der Waals surface area contributed by atoms with E-state index in [2.05, 4.69) is 49.0 Å². The van der Waals surface area contributed by atoms with Gasteiger partial charge >= 0.3 is 0 Å². The van der Waals surface area contributed by atoms with Crippen molar-refractivity contribution in [1.29, 1.82) is 0 Å². The monoisotopic (exact) mass is 246 g/mol. The van der Waals surface area contributed by atoms with Gasteiger partial charge in [0.25, 0.3) is 0 Å². The van der Waals surface area contributed by atoms with Crippen molar-refractivity contribution in [2.45, 2.75) is 49.5 Å². The van der Waals surface area contributed by atoms with E-state index in [1.807, 2.05) is 0 Å². The van der Waals surface area contributed by atoms with Gasteiger partial charge in [0.05, 0.1) is 0 Å². The van der Waals surface area contributed by atoms with Gasteiger partial charge in [0.2, 0.25) is 0 Å². The molecule has 1 saturated carbocycles. The van der Waals surface area contributed by atoms with Gasteiger partial charge in [-0.3, -0.25) is 0 Å². The Balaban J connectivity index is 1.77. The molecule has 1 aromatic carbocycles. The molecule has 4 atom stereocenters. The first-order valence-corrected chi connectivity index (χ1v) is 7.99. The first kappa shape index (κ1) is 11.6. The highest BCUT2D eigenvalue weighted by Crippen LogP contribution is 2.52. The SMILES string of the molecule is CC1CC(c2ccccc2)SC2CCCCC12. The third-order valence-electron chi connectivity index (χ3n) is 4.58. The second-order valence-corrected chi connectivity index (χ2v) is 7.18. The summed E-state index contributed by atoms with van der Waals surface area (Å²) in [7, 11) is 0. The number of rotatable bonds is 1. The van der Waals surface area contributed by atoms with Crippen molar-refractivity contribution in [2.75, 3.05) is 0 Å². The normalized spacial score (nSPS) is 37.5. The Bertz CT molecular complexity index is 359. The molecule has 0 amide bonds. The number of hydrogen-bond acceptors (Lipinski definition) is 1. The van der Waals surface area contributed by atoms with Crippen LogP contribution in [0.1, 0.15) is 49.8 Å². The Labute approximate surface area is 109 Å². The summed E-state index contributed by atoms with van der Waals surface area (Å²) in [5.41, 5.74) is 1.55. The first-order valence-electron chi connectivity index (χ1n) is 7.05. The van der Waals surface area contributed by atoms with E-state index >= 15 is 0 Å². The van der Waals surface area contributed by atoms with Gasteiger partial charge in [-0.2, -0.15) is 11.8 Å². The molecule has 4 unspecified atom stereocenters. The smallest absolute Gasteiger partial charge is 0.0302 e. The number of thioether (sulfide) groups is 1. The molecule has 0 nitrogen and oxygen atoms in total. The van der Waals surface area contributed by atoms with Crippen LogP contribution in [0.3, 0.4) is 0 Å². The van der Waals surface area contributed by atoms with E-state index in [-0.39, 0.29) is 0 Å². The topological polar surface area (TPSA) is 0 Å². The van der Waals surface area contributed by atoms with Gasteiger partial charge in [0.15, 0.2) is 0 Å². The van der Waals surface area contributed by atoms with Gasteiger partial charge < -0.3 is 0 Å². The molecule has 92 valence electrons. The van der Waals surface area contributed by atoms with E-state index in [1.165, 1.54) is 32.1 Å². The summed E-state index contributed by atoms with van der Waals surface area (Å²) in [6.45, 7) is 2.48. The minimum Gasteiger partial charge on any atom is -0.150 e. The maximum atomic E-state index is 2.48. The molecule has 0 radical (unpaired) electrons. The van der Waals surface area contributed by atoms with E-state index in [1.54, 1.807) is 5.56 Å². The lowest BCUT2D eigenvalue weighted by Crippen LogP contribution is -2.33. The molecule has 2 aliphatic rings. The third-order valence-corrected chi connectivity index (χ3v) is 6.31. The van der Waals surface area contributed by atoms with Crippen LogP contribution in [0.4, 0.5) is 0 Å². The summed E-state index contributed by atoms with van der Waals surface area (Å²) >= 11 is 2.27. The maximum absolute atomic E-state index is 2.48. The van der Waals surface area contributed by atoms with Crippen LogP contribution in [0, 0.1) is 11.8 Å². The Morgan fingerprint density at radius 2 is 1.82 bits per heavy atom. The quantitative estimate of drug-likeness (QED) is 0.667. The summed E-state index contributed by atoms with van der Waals surface area (Å²) in [5.74, 6) is 1.93. The van der Waals surface area contributed by atoms with Crippen LogP contribution < -0.4 is 0 Å². The van der Waals surface area contributed by atoms with Crippen LogP contribution in [0.5, 0.6) is 0 Å². The zero-order valence-electron chi connectivity index (χ0n) is 10.6. The average Bonchev–Trinajstić information content (AvgIpc) is 2.40. The number of benzene rings is 1. The van der Waals surface area contributed by atoms with Crippen molar-refractivity contribution in [3.8, 4) is 0 Å². The van der Waals surface area contributed by atoms with Gasteiger partial charge in [0, 0.05) is 10.5 Å². The van der Waals surface area contributed by atoms with E-state index in [0.717, 1.165) is 22.3 Å². The molecule has 0 bridgehead atoms. The average molecular weight is 246 g/mol. The lowest BCUT2D eigenvalue weighted by atomic mass is 9.77. The van der Waals surface area contributed by atoms with Gasteiger partial charge in [-0.25, -0.2) is 0 Å². The molecule has 1 aliphatic carbocycles. The Morgan fingerprint density at radius 3 is 2.65 bits per heavy atom. The predicted molar refractivity (Wildman–Crippen MR) is 76.3 cm³/mol. The fourth-order valence-electron chi connectivity index (χ4n) is 3.61. The minimum absolute atomic E-state index is 0.755. The lowest BCUT2D eigenvalue weighted by molar-refractivity contribution is 0.247. The highest BCUT2D eigenvalue weighted by Gasteiger charge is 2.37. The molecule has 1 aliphatic heterocycles. The maximum Gasteiger partial charge on any atom is 0.0302 e. The van der Waals surface area contributed by atoms with Crippen LogP contribution in [-0.4, -0.2) is 5.25 Å². The third kappa shape index (κ3) is 2.40. The molecular formula is C16H22S. The Morgan fingerprint density at radius 1 is 1.06 bits per heavy atom. The fraction of sp³-hybridized carbons (Fsp3) is 0.625. The Kier molecular flexibility index (Phi) is 3.46. The predicted octanol–water partition coefficient (Wildman–Crippen LogP) is 5.06. The molecule has 1 aromatic rings. The van der Waals surface area contributed by atoms with Crippen molar-refractivity contribution in [3.05, 3.63) is 35.9 Å². The summed E-state index contributed by atoms with van der Waals surface area (Å²) in [5, 5.41) is 1.70. The largest absolute Gasteiger partial charge is 0.150 e. The van der Waals surface area contributed by atoms with Crippen LogP contribution in [-0.2, 0) is 0 Å². The summed E-state index contributed by atoms with van der Waals surface area (Å²) in [4.78, 5) is 0. The van der Waals surface area contributed by atoms with Crippen molar-refractivity contribution in [3.63, 3.8) is 0 Å². The molecule has 1 saturated heterocycles. The number of hydrogen-bond donors (Lipinski definition) is 0. The van der Waals surface area contributed by atoms with Crippen molar-refractivity contribution in [1.82, 2.24) is 0 Å². The molecule has 2 fully saturated rings. The van der Waals surface area contributed by atoms with Crippen LogP contribution in [0.2, 0.25) is 0 Å². The second kappa shape index (κ2) is 5.06. The van der Waals surface area contributed by atoms with Crippen LogP contribution in [0.15, 0.2) is 30.3 Å². The van der Waals surface area contributed by atoms with E-state index in [0.29, 0.717) is 0 Å². The van der Waals surface area contributed by atoms with Crippen molar-refractivity contribution >= 4 is 11.8 Å². The van der Waals surface area contributed by atoms with Crippen molar-refractivity contribution in [2.24, 2.45) is 11.8 Å². The molecular weight excluding hydrogens is 224 g/mol. The van der Waals surface area contributed by atoms with E-state index in [9.17, 15) is 0 Å². The molecule has 3 rings (SSSR count). The van der Waals surface area contributed by atoms with Crippen molar-refractivity contribution < 1.29 is 0 Å². The highest BCUT2D eigenvalue weighted by atomic mass is 32.2. The first-order chi connectivity index (χ1) is 8.34. The van der Waals surface area contributed by atoms with E-state index in [4.69, 9.17) is 0 Å². The fourth-order valence-corrected chi connectivity index (χ4v) is 5.67. The summed E-state index contributed by atoms with van der Waals surface area (Å²) in [6, 6.07) is 11.1. The summed E-state index contributed by atoms with van der Waals surface area (Å²) < 4.78 is 0. The zero-order chi connectivity index (χ0) is 11.7. The molecule has 17 heavy (non-hydrogen) atoms. The van der Waals surface area contributed by atoms with E-state index < -0.39 is 0 Å². The van der Waals surface area contributed by atoms with Gasteiger partial charge in [-0.1, -0.05) is 50.1 Å². The summed E-state index contributed by atoms with van der Waals surface area (Å²) in [6.07, 6.45) is 7.27. The van der Waals surface area contributed by atoms with Gasteiger partial charge in [-0.05, 0) is 36.7 Å². The van der Waals surface area contributed by atoms with Crippen LogP contribution in [0.25, 0.3) is 0 Å². The number of fused-ring (bicyclic) bond motifs is 1. The molecule has 0 aromatic heterocycles. The Hall–Kier alpha value is -0.430. The minimum atomic E-state index is 0.755. The molecule has 1 heterocycles. The van der Waals surface area contributed by atoms with Gasteiger partial charge in [0.1, 0.15) is 0 Å². The molecule has 0 spiro atoms. The standard InChI is InChI=1S/C16H22S/c1-12-11-16(13-7-3-2-4-8-13)17-15-10-6-5-9-14(12)15/h2-4,7-8,12,14-16H,5-6,9-11H2,1H3. The zero-order valence-corrected chi connectivity index (χ0v) is 11.5. The van der Waals surface area contributed by atoms with Gasteiger partial charge in [-0.15, -0.1) is 0 Å². The lowest BCUT2D eigenvalue weighted by Gasteiger charge is -2.43. The second-order valence-electron chi connectivity index (χ2n) is 5.74. The molecule has 0 N–H and O–H groups in total. The molecule has 1 heteroatoms. The van der Waals surface area contributed by atoms with Crippen LogP contribution >= 0.6 is 11.8 Å². The highest BCUT2D eigenvalue weighted by molar-refractivity contribution is 8.00.